The number of nitrogens with two attached hydrogens (primary N) is 1. The second kappa shape index (κ2) is 5.21. The number of benzene rings is 2. The average Bonchev–Trinajstić information content (AvgIpc) is 2.51. The van der Waals surface area contributed by atoms with Crippen molar-refractivity contribution in [1.82, 2.24) is 4.98 Å². The van der Waals surface area contributed by atoms with E-state index in [0.717, 1.165) is 22.1 Å². The molecule has 0 saturated carbocycles. The summed E-state index contributed by atoms with van der Waals surface area (Å²) in [6, 6.07) is 15.9. The minimum atomic E-state index is -0.0174. The van der Waals surface area contributed by atoms with Crippen LogP contribution in [-0.2, 0) is 0 Å². The highest BCUT2D eigenvalue weighted by atomic mass is 16.5. The Hall–Kier alpha value is -2.55. The Labute approximate surface area is 118 Å². The van der Waals surface area contributed by atoms with Gasteiger partial charge in [0.25, 0.3) is 0 Å². The number of hydrogen-bond donors (Lipinski definition) is 1. The molecule has 0 amide bonds. The lowest BCUT2D eigenvalue weighted by Gasteiger charge is -2.17. The first kappa shape index (κ1) is 12.5. The van der Waals surface area contributed by atoms with Crippen LogP contribution in [0.2, 0.25) is 0 Å². The van der Waals surface area contributed by atoms with Gasteiger partial charge in [-0.25, -0.2) is 0 Å². The van der Waals surface area contributed by atoms with Crippen molar-refractivity contribution < 1.29 is 4.74 Å². The second-order valence-electron chi connectivity index (χ2n) is 4.74. The van der Waals surface area contributed by atoms with Crippen molar-refractivity contribution in [1.29, 1.82) is 0 Å². The quantitative estimate of drug-likeness (QED) is 0.728. The summed E-state index contributed by atoms with van der Waals surface area (Å²) in [5.74, 6) is 0.827. The van der Waals surface area contributed by atoms with Crippen LogP contribution >= 0.6 is 0 Å². The molecule has 0 aliphatic heterocycles. The maximum absolute atomic E-state index is 6.09. The predicted octanol–water partition coefficient (Wildman–Crippen LogP) is 3.96. The first-order valence-electron chi connectivity index (χ1n) is 6.59. The summed E-state index contributed by atoms with van der Waals surface area (Å²) in [7, 11) is 0. The Balaban J connectivity index is 1.97. The standard InChI is InChI=1S/C17H16N2O/c1-12(13-5-3-2-4-6-13)20-17-8-7-16(18)15-11-19-10-9-14(15)17/h2-12H,18H2,1H3. The average molecular weight is 264 g/mol. The van der Waals surface area contributed by atoms with Gasteiger partial charge in [-0.05, 0) is 30.7 Å². The first-order chi connectivity index (χ1) is 9.75. The van der Waals surface area contributed by atoms with E-state index in [1.165, 1.54) is 0 Å². The van der Waals surface area contributed by atoms with E-state index >= 15 is 0 Å². The van der Waals surface area contributed by atoms with Gasteiger partial charge in [0.05, 0.1) is 0 Å². The third-order valence-electron chi connectivity index (χ3n) is 3.38. The van der Waals surface area contributed by atoms with E-state index in [-0.39, 0.29) is 6.10 Å². The van der Waals surface area contributed by atoms with Gasteiger partial charge in [0, 0.05) is 28.9 Å². The molecule has 3 rings (SSSR count). The molecule has 1 unspecified atom stereocenters. The maximum atomic E-state index is 6.09. The summed E-state index contributed by atoms with van der Waals surface area (Å²) < 4.78 is 6.09. The van der Waals surface area contributed by atoms with Crippen LogP contribution in [0.4, 0.5) is 5.69 Å². The third kappa shape index (κ3) is 2.30. The van der Waals surface area contributed by atoms with Crippen molar-refractivity contribution >= 4 is 16.5 Å². The third-order valence-corrected chi connectivity index (χ3v) is 3.38. The van der Waals surface area contributed by atoms with Gasteiger partial charge in [-0.3, -0.25) is 4.98 Å². The van der Waals surface area contributed by atoms with Crippen LogP contribution < -0.4 is 10.5 Å². The van der Waals surface area contributed by atoms with Crippen molar-refractivity contribution in [2.24, 2.45) is 0 Å². The molecule has 0 radical (unpaired) electrons. The molecule has 0 spiro atoms. The van der Waals surface area contributed by atoms with Crippen molar-refractivity contribution in [3.63, 3.8) is 0 Å². The highest BCUT2D eigenvalue weighted by Crippen LogP contribution is 2.32. The number of nitrogens with zero attached hydrogens (tertiary/aromatic N) is 1. The predicted molar refractivity (Wildman–Crippen MR) is 81.6 cm³/mol. The van der Waals surface area contributed by atoms with Gasteiger partial charge in [-0.1, -0.05) is 30.3 Å². The molecule has 20 heavy (non-hydrogen) atoms. The normalized spacial score (nSPS) is 12.2. The SMILES string of the molecule is CC(Oc1ccc(N)c2cnccc12)c1ccccc1. The summed E-state index contributed by atoms with van der Waals surface area (Å²) in [5.41, 5.74) is 7.83. The van der Waals surface area contributed by atoms with Crippen LogP contribution in [0.5, 0.6) is 5.75 Å². The second-order valence-corrected chi connectivity index (χ2v) is 4.74. The van der Waals surface area contributed by atoms with E-state index in [1.807, 2.05) is 43.3 Å². The highest BCUT2D eigenvalue weighted by molar-refractivity contribution is 5.96. The van der Waals surface area contributed by atoms with Gasteiger partial charge in [-0.2, -0.15) is 0 Å². The van der Waals surface area contributed by atoms with Gasteiger partial charge in [-0.15, -0.1) is 0 Å². The minimum Gasteiger partial charge on any atom is -0.485 e. The van der Waals surface area contributed by atoms with Gasteiger partial charge >= 0.3 is 0 Å². The summed E-state index contributed by atoms with van der Waals surface area (Å²) in [4.78, 5) is 4.12. The number of rotatable bonds is 3. The number of hydrogen-bond acceptors (Lipinski definition) is 3. The molecule has 0 bridgehead atoms. The summed E-state index contributed by atoms with van der Waals surface area (Å²) in [5, 5.41) is 1.91. The Morgan fingerprint density at radius 2 is 1.80 bits per heavy atom. The lowest BCUT2D eigenvalue weighted by molar-refractivity contribution is 0.230. The number of anilines is 1. The van der Waals surface area contributed by atoms with E-state index in [2.05, 4.69) is 17.1 Å². The van der Waals surface area contributed by atoms with Gasteiger partial charge in [0.15, 0.2) is 0 Å². The number of pyridine rings is 1. The first-order valence-corrected chi connectivity index (χ1v) is 6.59. The molecule has 0 aliphatic rings. The Kier molecular flexibility index (Phi) is 3.25. The fourth-order valence-electron chi connectivity index (χ4n) is 2.27. The molecule has 1 heterocycles. The van der Waals surface area contributed by atoms with Crippen LogP contribution in [0.1, 0.15) is 18.6 Å². The van der Waals surface area contributed by atoms with E-state index < -0.39 is 0 Å². The lowest BCUT2D eigenvalue weighted by atomic mass is 10.1. The monoisotopic (exact) mass is 264 g/mol. The summed E-state index contributed by atoms with van der Waals surface area (Å²) in [6.07, 6.45) is 3.50. The van der Waals surface area contributed by atoms with Crippen molar-refractivity contribution in [2.75, 3.05) is 5.73 Å². The van der Waals surface area contributed by atoms with Gasteiger partial charge in [0.1, 0.15) is 11.9 Å². The fraction of sp³-hybridized carbons (Fsp3) is 0.118. The van der Waals surface area contributed by atoms with Crippen LogP contribution in [0, 0.1) is 0 Å². The molecule has 1 atom stereocenters. The Bertz CT molecular complexity index is 725. The zero-order valence-corrected chi connectivity index (χ0v) is 11.3. The minimum absolute atomic E-state index is 0.0174. The zero-order chi connectivity index (χ0) is 13.9. The molecule has 3 aromatic rings. The molecular weight excluding hydrogens is 248 g/mol. The number of fused-ring (bicyclic) bond motifs is 1. The molecule has 0 fully saturated rings. The fourth-order valence-corrected chi connectivity index (χ4v) is 2.27. The summed E-state index contributed by atoms with van der Waals surface area (Å²) >= 11 is 0. The highest BCUT2D eigenvalue weighted by Gasteiger charge is 2.10. The van der Waals surface area contributed by atoms with Crippen molar-refractivity contribution in [3.05, 3.63) is 66.5 Å². The van der Waals surface area contributed by atoms with Crippen LogP contribution in [0.25, 0.3) is 10.8 Å². The van der Waals surface area contributed by atoms with Gasteiger partial charge in [0.2, 0.25) is 0 Å². The number of nitrogen functional groups attached to an aromatic ring is 1. The molecular formula is C17H16N2O. The Morgan fingerprint density at radius 3 is 2.60 bits per heavy atom. The van der Waals surface area contributed by atoms with Crippen molar-refractivity contribution in [2.45, 2.75) is 13.0 Å². The molecule has 0 saturated heterocycles. The van der Waals surface area contributed by atoms with Crippen LogP contribution in [0.15, 0.2) is 60.9 Å². The number of ether oxygens (including phenoxy) is 1. The van der Waals surface area contributed by atoms with Crippen LogP contribution in [-0.4, -0.2) is 4.98 Å². The topological polar surface area (TPSA) is 48.1 Å². The molecule has 100 valence electrons. The number of aromatic nitrogens is 1. The molecule has 2 N–H and O–H groups in total. The van der Waals surface area contributed by atoms with Gasteiger partial charge < -0.3 is 10.5 Å². The molecule has 1 aromatic heterocycles. The largest absolute Gasteiger partial charge is 0.485 e. The maximum Gasteiger partial charge on any atom is 0.128 e. The zero-order valence-electron chi connectivity index (χ0n) is 11.3. The lowest BCUT2D eigenvalue weighted by Crippen LogP contribution is -2.03. The van der Waals surface area contributed by atoms with Crippen LogP contribution in [0.3, 0.4) is 0 Å². The molecule has 3 heteroatoms. The molecule has 3 nitrogen and oxygen atoms in total. The van der Waals surface area contributed by atoms with E-state index in [4.69, 9.17) is 10.5 Å². The Morgan fingerprint density at radius 1 is 1.00 bits per heavy atom. The molecule has 2 aromatic carbocycles. The van der Waals surface area contributed by atoms with Crippen molar-refractivity contribution in [3.8, 4) is 5.75 Å². The molecule has 0 aliphatic carbocycles. The van der Waals surface area contributed by atoms with E-state index in [9.17, 15) is 0 Å². The van der Waals surface area contributed by atoms with E-state index in [1.54, 1.807) is 12.4 Å². The summed E-state index contributed by atoms with van der Waals surface area (Å²) in [6.45, 7) is 2.04. The van der Waals surface area contributed by atoms with E-state index in [0.29, 0.717) is 5.69 Å². The smallest absolute Gasteiger partial charge is 0.128 e.